The van der Waals surface area contributed by atoms with Crippen LogP contribution in [0.5, 0.6) is 0 Å². The van der Waals surface area contributed by atoms with Crippen LogP contribution in [0.15, 0.2) is 10.8 Å². The monoisotopic (exact) mass is 181 g/mol. The van der Waals surface area contributed by atoms with Gasteiger partial charge in [-0.25, -0.2) is 9.97 Å². The van der Waals surface area contributed by atoms with E-state index in [-0.39, 0.29) is 0 Å². The van der Waals surface area contributed by atoms with Crippen LogP contribution < -0.4 is 0 Å². The van der Waals surface area contributed by atoms with E-state index in [0.29, 0.717) is 0 Å². The van der Waals surface area contributed by atoms with E-state index < -0.39 is 0 Å². The van der Waals surface area contributed by atoms with Crippen LogP contribution in [0.3, 0.4) is 0 Å². The molecule has 2 nitrogen and oxygen atoms in total. The van der Waals surface area contributed by atoms with E-state index in [2.05, 4.69) is 15.5 Å². The van der Waals surface area contributed by atoms with Crippen molar-refractivity contribution in [2.75, 3.05) is 0 Å². The molecule has 0 unspecified atom stereocenters. The van der Waals surface area contributed by atoms with Crippen molar-refractivity contribution < 1.29 is 0 Å². The number of aromatic nitrogens is 2. The molecule has 0 saturated carbocycles. The maximum absolute atomic E-state index is 4.30. The molecular formula is C7H5N2S2. The molecule has 2 rings (SSSR count). The van der Waals surface area contributed by atoms with Crippen LogP contribution in [0, 0.1) is 12.4 Å². The second-order valence-corrected chi connectivity index (χ2v) is 3.79. The molecule has 0 N–H and O–H groups in total. The zero-order valence-electron chi connectivity index (χ0n) is 5.87. The topological polar surface area (TPSA) is 25.8 Å². The molecule has 0 bridgehead atoms. The van der Waals surface area contributed by atoms with Gasteiger partial charge in [-0.3, -0.25) is 0 Å². The fourth-order valence-electron chi connectivity index (χ4n) is 0.783. The molecule has 0 amide bonds. The standard InChI is InChI=1S/C7H5N2S2/c1-5-9-7(3-11-5)6-2-10-4-8-6/h2-3H,1H3. The van der Waals surface area contributed by atoms with Gasteiger partial charge in [-0.1, -0.05) is 0 Å². The van der Waals surface area contributed by atoms with Gasteiger partial charge in [0.2, 0.25) is 0 Å². The van der Waals surface area contributed by atoms with Crippen LogP contribution in [-0.4, -0.2) is 9.97 Å². The highest BCUT2D eigenvalue weighted by molar-refractivity contribution is 7.10. The summed E-state index contributed by atoms with van der Waals surface area (Å²) in [7, 11) is 0. The first-order valence-electron chi connectivity index (χ1n) is 3.10. The molecule has 0 spiro atoms. The van der Waals surface area contributed by atoms with Crippen LogP contribution in [0.25, 0.3) is 11.4 Å². The highest BCUT2D eigenvalue weighted by atomic mass is 32.1. The predicted octanol–water partition coefficient (Wildman–Crippen LogP) is 2.38. The molecule has 1 radical (unpaired) electrons. The summed E-state index contributed by atoms with van der Waals surface area (Å²) in [6.07, 6.45) is 0. The van der Waals surface area contributed by atoms with E-state index in [1.807, 2.05) is 17.7 Å². The lowest BCUT2D eigenvalue weighted by atomic mass is 10.4. The van der Waals surface area contributed by atoms with E-state index in [0.717, 1.165) is 16.4 Å². The summed E-state index contributed by atoms with van der Waals surface area (Å²) in [4.78, 5) is 8.33. The molecule has 0 aliphatic carbocycles. The van der Waals surface area contributed by atoms with Crippen molar-refractivity contribution in [1.29, 1.82) is 0 Å². The van der Waals surface area contributed by atoms with E-state index >= 15 is 0 Å². The Bertz CT molecular complexity index is 337. The summed E-state index contributed by atoms with van der Waals surface area (Å²) < 4.78 is 0. The van der Waals surface area contributed by atoms with Crippen LogP contribution in [-0.2, 0) is 0 Å². The van der Waals surface area contributed by atoms with Gasteiger partial charge in [0.05, 0.1) is 5.01 Å². The van der Waals surface area contributed by atoms with Crippen molar-refractivity contribution in [3.8, 4) is 11.4 Å². The van der Waals surface area contributed by atoms with Crippen LogP contribution in [0.1, 0.15) is 5.01 Å². The van der Waals surface area contributed by atoms with Gasteiger partial charge in [0.1, 0.15) is 11.4 Å². The van der Waals surface area contributed by atoms with E-state index in [1.54, 1.807) is 11.3 Å². The average Bonchev–Trinajstić information content (AvgIpc) is 2.55. The Hall–Kier alpha value is -0.740. The summed E-state index contributed by atoms with van der Waals surface area (Å²) >= 11 is 3.11. The van der Waals surface area contributed by atoms with Gasteiger partial charge in [-0.05, 0) is 6.92 Å². The highest BCUT2D eigenvalue weighted by Crippen LogP contribution is 2.20. The van der Waals surface area contributed by atoms with Gasteiger partial charge >= 0.3 is 0 Å². The van der Waals surface area contributed by atoms with E-state index in [9.17, 15) is 0 Å². The van der Waals surface area contributed by atoms with Crippen LogP contribution in [0.2, 0.25) is 0 Å². The van der Waals surface area contributed by atoms with Crippen LogP contribution in [0.4, 0.5) is 0 Å². The summed E-state index contributed by atoms with van der Waals surface area (Å²) in [6.45, 7) is 1.99. The van der Waals surface area contributed by atoms with Crippen LogP contribution >= 0.6 is 22.7 Å². The number of aryl methyl sites for hydroxylation is 1. The van der Waals surface area contributed by atoms with Crippen molar-refractivity contribution in [2.24, 2.45) is 0 Å². The third-order valence-electron chi connectivity index (χ3n) is 1.27. The fraction of sp³-hybridized carbons (Fsp3) is 0.143. The highest BCUT2D eigenvalue weighted by Gasteiger charge is 2.02. The number of hydrogen-bond donors (Lipinski definition) is 0. The average molecular weight is 181 g/mol. The second-order valence-electron chi connectivity index (χ2n) is 2.08. The first-order chi connectivity index (χ1) is 5.36. The smallest absolute Gasteiger partial charge is 0.152 e. The van der Waals surface area contributed by atoms with E-state index in [4.69, 9.17) is 0 Å². The first kappa shape index (κ1) is 6.94. The molecular weight excluding hydrogens is 176 g/mol. The quantitative estimate of drug-likeness (QED) is 0.675. The molecule has 4 heteroatoms. The molecule has 0 saturated heterocycles. The summed E-state index contributed by atoms with van der Waals surface area (Å²) in [6, 6.07) is 0. The normalized spacial score (nSPS) is 10.3. The van der Waals surface area contributed by atoms with Gasteiger partial charge in [0, 0.05) is 10.8 Å². The third-order valence-corrected chi connectivity index (χ3v) is 2.58. The Kier molecular flexibility index (Phi) is 1.71. The van der Waals surface area contributed by atoms with Crippen molar-refractivity contribution >= 4 is 22.7 Å². The SMILES string of the molecule is Cc1nc(-c2cs[c]n2)cs1. The third kappa shape index (κ3) is 1.32. The van der Waals surface area contributed by atoms with Crippen molar-refractivity contribution in [2.45, 2.75) is 6.92 Å². The Morgan fingerprint density at radius 3 is 2.82 bits per heavy atom. The molecule has 0 aliphatic rings. The maximum atomic E-state index is 4.30. The molecule has 11 heavy (non-hydrogen) atoms. The lowest BCUT2D eigenvalue weighted by molar-refractivity contribution is 1.26. The number of nitrogens with zero attached hydrogens (tertiary/aromatic N) is 2. The zero-order valence-corrected chi connectivity index (χ0v) is 7.50. The molecule has 0 atom stereocenters. The van der Waals surface area contributed by atoms with Gasteiger partial charge < -0.3 is 0 Å². The number of hydrogen-bond acceptors (Lipinski definition) is 4. The molecule has 2 aromatic heterocycles. The lowest BCUT2D eigenvalue weighted by Crippen LogP contribution is -1.75. The Morgan fingerprint density at radius 2 is 2.27 bits per heavy atom. The fourth-order valence-corrected chi connectivity index (χ4v) is 1.88. The molecule has 0 aromatic carbocycles. The van der Waals surface area contributed by atoms with Gasteiger partial charge in [0.15, 0.2) is 5.51 Å². The zero-order chi connectivity index (χ0) is 7.68. The Balaban J connectivity index is 2.45. The molecule has 0 fully saturated rings. The molecule has 55 valence electrons. The summed E-state index contributed by atoms with van der Waals surface area (Å²) in [5.41, 5.74) is 4.69. The molecule has 2 heterocycles. The molecule has 2 aromatic rings. The number of rotatable bonds is 1. The van der Waals surface area contributed by atoms with Crippen molar-refractivity contribution in [3.63, 3.8) is 0 Å². The van der Waals surface area contributed by atoms with E-state index in [1.165, 1.54) is 11.3 Å². The minimum absolute atomic E-state index is 0.930. The maximum Gasteiger partial charge on any atom is 0.152 e. The number of thiazole rings is 2. The lowest BCUT2D eigenvalue weighted by Gasteiger charge is -1.83. The Morgan fingerprint density at radius 1 is 1.36 bits per heavy atom. The van der Waals surface area contributed by atoms with Gasteiger partial charge in [-0.15, -0.1) is 22.7 Å². The summed E-state index contributed by atoms with van der Waals surface area (Å²) in [5.74, 6) is 0. The first-order valence-corrected chi connectivity index (χ1v) is 4.86. The minimum atomic E-state index is 0.930. The summed E-state index contributed by atoms with van der Waals surface area (Å²) in [5, 5.41) is 5.04. The van der Waals surface area contributed by atoms with Crippen molar-refractivity contribution in [1.82, 2.24) is 9.97 Å². The van der Waals surface area contributed by atoms with Gasteiger partial charge in [-0.2, -0.15) is 0 Å². The van der Waals surface area contributed by atoms with Crippen molar-refractivity contribution in [3.05, 3.63) is 21.3 Å². The molecule has 0 aliphatic heterocycles. The van der Waals surface area contributed by atoms with Gasteiger partial charge in [0.25, 0.3) is 0 Å². The Labute approximate surface area is 72.6 Å². The minimum Gasteiger partial charge on any atom is -0.240 e. The second kappa shape index (κ2) is 2.71. The largest absolute Gasteiger partial charge is 0.240 e. The predicted molar refractivity (Wildman–Crippen MR) is 46.8 cm³/mol.